The SMILES string of the molecule is CCOC(=O)C1CCCN(C(=O)/C=C(\C)c2cc3c(-c4ccc(F)cc4)coc3cc2OC)C1. The molecule has 3 aromatic rings. The summed E-state index contributed by atoms with van der Waals surface area (Å²) in [7, 11) is 1.57. The zero-order valence-corrected chi connectivity index (χ0v) is 19.6. The zero-order chi connectivity index (χ0) is 24.2. The van der Waals surface area contributed by atoms with Gasteiger partial charge >= 0.3 is 5.97 Å². The summed E-state index contributed by atoms with van der Waals surface area (Å²) in [5.74, 6) is -0.418. The van der Waals surface area contributed by atoms with Crippen molar-refractivity contribution in [2.45, 2.75) is 26.7 Å². The van der Waals surface area contributed by atoms with Crippen LogP contribution in [-0.4, -0.2) is 43.6 Å². The molecule has 7 heteroatoms. The Bertz CT molecular complexity index is 1230. The number of nitrogens with zero attached hydrogens (tertiary/aromatic N) is 1. The van der Waals surface area contributed by atoms with Crippen molar-refractivity contribution in [1.29, 1.82) is 0 Å². The maximum atomic E-state index is 13.4. The van der Waals surface area contributed by atoms with E-state index in [1.54, 1.807) is 49.5 Å². The Hall–Kier alpha value is -3.61. The van der Waals surface area contributed by atoms with Crippen LogP contribution in [0.15, 0.2) is 53.2 Å². The molecule has 34 heavy (non-hydrogen) atoms. The minimum atomic E-state index is -0.306. The van der Waals surface area contributed by atoms with Gasteiger partial charge in [0.2, 0.25) is 5.91 Å². The highest BCUT2D eigenvalue weighted by Crippen LogP contribution is 2.37. The van der Waals surface area contributed by atoms with E-state index in [0.717, 1.165) is 40.5 Å². The molecular weight excluding hydrogens is 437 g/mol. The quantitative estimate of drug-likeness (QED) is 0.358. The average molecular weight is 466 g/mol. The number of rotatable bonds is 6. The molecule has 1 saturated heterocycles. The number of amides is 1. The Kier molecular flexibility index (Phi) is 7.01. The molecule has 0 N–H and O–H groups in total. The van der Waals surface area contributed by atoms with Gasteiger partial charge in [-0.3, -0.25) is 9.59 Å². The molecule has 1 aliphatic rings. The van der Waals surface area contributed by atoms with Gasteiger partial charge in [-0.1, -0.05) is 12.1 Å². The van der Waals surface area contributed by atoms with Crippen LogP contribution >= 0.6 is 0 Å². The van der Waals surface area contributed by atoms with Crippen LogP contribution in [0.3, 0.4) is 0 Å². The topological polar surface area (TPSA) is 69.0 Å². The lowest BCUT2D eigenvalue weighted by Gasteiger charge is -2.31. The number of esters is 1. The van der Waals surface area contributed by atoms with E-state index in [9.17, 15) is 14.0 Å². The maximum Gasteiger partial charge on any atom is 0.310 e. The lowest BCUT2D eigenvalue weighted by atomic mass is 9.97. The summed E-state index contributed by atoms with van der Waals surface area (Å²) in [4.78, 5) is 26.9. The van der Waals surface area contributed by atoms with Gasteiger partial charge in [0.25, 0.3) is 0 Å². The molecule has 1 aromatic heterocycles. The average Bonchev–Trinajstić information content (AvgIpc) is 3.26. The first-order valence-electron chi connectivity index (χ1n) is 11.4. The summed E-state index contributed by atoms with van der Waals surface area (Å²) in [5, 5.41) is 0.836. The minimum Gasteiger partial charge on any atom is -0.496 e. The van der Waals surface area contributed by atoms with Crippen LogP contribution < -0.4 is 4.74 Å². The van der Waals surface area contributed by atoms with Gasteiger partial charge in [0, 0.05) is 41.7 Å². The number of allylic oxidation sites excluding steroid dienone is 1. The highest BCUT2D eigenvalue weighted by molar-refractivity contribution is 6.00. The Labute approximate surface area is 197 Å². The molecule has 1 atom stereocenters. The molecule has 0 aliphatic carbocycles. The number of piperidine rings is 1. The van der Waals surface area contributed by atoms with E-state index in [1.807, 2.05) is 13.0 Å². The van der Waals surface area contributed by atoms with Crippen molar-refractivity contribution in [3.8, 4) is 16.9 Å². The molecular formula is C27H28FNO5. The van der Waals surface area contributed by atoms with Crippen molar-refractivity contribution in [3.05, 3.63) is 60.1 Å². The van der Waals surface area contributed by atoms with Crippen molar-refractivity contribution < 1.29 is 27.9 Å². The lowest BCUT2D eigenvalue weighted by molar-refractivity contribution is -0.150. The number of furan rings is 1. The van der Waals surface area contributed by atoms with E-state index >= 15 is 0 Å². The van der Waals surface area contributed by atoms with E-state index in [0.29, 0.717) is 31.0 Å². The van der Waals surface area contributed by atoms with Crippen LogP contribution in [0, 0.1) is 11.7 Å². The number of ether oxygens (including phenoxy) is 2. The third kappa shape index (κ3) is 4.83. The summed E-state index contributed by atoms with van der Waals surface area (Å²) in [6.45, 7) is 4.92. The largest absolute Gasteiger partial charge is 0.496 e. The summed E-state index contributed by atoms with van der Waals surface area (Å²) in [6, 6.07) is 9.93. The number of methoxy groups -OCH3 is 1. The lowest BCUT2D eigenvalue weighted by Crippen LogP contribution is -2.42. The van der Waals surface area contributed by atoms with E-state index in [-0.39, 0.29) is 23.6 Å². The second kappa shape index (κ2) is 10.1. The molecule has 0 spiro atoms. The molecule has 6 nitrogen and oxygen atoms in total. The molecule has 178 valence electrons. The van der Waals surface area contributed by atoms with Crippen LogP contribution in [0.5, 0.6) is 5.75 Å². The first-order chi connectivity index (χ1) is 16.4. The van der Waals surface area contributed by atoms with Gasteiger partial charge in [-0.05, 0) is 56.0 Å². The number of likely N-dealkylation sites (tertiary alicyclic amines) is 1. The third-order valence-corrected chi connectivity index (χ3v) is 6.17. The Balaban J connectivity index is 1.63. The Morgan fingerprint density at radius 2 is 2.00 bits per heavy atom. The molecule has 0 radical (unpaired) electrons. The highest BCUT2D eigenvalue weighted by Gasteiger charge is 2.29. The monoisotopic (exact) mass is 465 g/mol. The van der Waals surface area contributed by atoms with Gasteiger partial charge in [-0.15, -0.1) is 0 Å². The number of hydrogen-bond donors (Lipinski definition) is 0. The molecule has 2 aromatic carbocycles. The fourth-order valence-corrected chi connectivity index (χ4v) is 4.37. The number of fused-ring (bicyclic) bond motifs is 1. The van der Waals surface area contributed by atoms with Crippen LogP contribution in [0.1, 0.15) is 32.3 Å². The first-order valence-corrected chi connectivity index (χ1v) is 11.4. The standard InChI is InChI=1S/C27H28FNO5/c1-4-33-27(31)19-6-5-11-29(15-19)26(30)12-17(2)21-13-22-23(18-7-9-20(28)10-8-18)16-34-25(22)14-24(21)32-3/h7-10,12-14,16,19H,4-6,11,15H2,1-3H3/b17-12+. The van der Waals surface area contributed by atoms with Crippen molar-refractivity contribution in [3.63, 3.8) is 0 Å². The highest BCUT2D eigenvalue weighted by atomic mass is 19.1. The second-order valence-electron chi connectivity index (χ2n) is 8.41. The fourth-order valence-electron chi connectivity index (χ4n) is 4.37. The predicted molar refractivity (Wildman–Crippen MR) is 128 cm³/mol. The maximum absolute atomic E-state index is 13.4. The molecule has 0 saturated carbocycles. The van der Waals surface area contributed by atoms with Crippen molar-refractivity contribution in [1.82, 2.24) is 4.90 Å². The molecule has 4 rings (SSSR count). The summed E-state index contributed by atoms with van der Waals surface area (Å²) >= 11 is 0. The van der Waals surface area contributed by atoms with Gasteiger partial charge in [-0.2, -0.15) is 0 Å². The van der Waals surface area contributed by atoms with Gasteiger partial charge in [-0.25, -0.2) is 4.39 Å². The summed E-state index contributed by atoms with van der Waals surface area (Å²) < 4.78 is 29.8. The van der Waals surface area contributed by atoms with Crippen molar-refractivity contribution in [2.24, 2.45) is 5.92 Å². The van der Waals surface area contributed by atoms with Crippen LogP contribution in [0.25, 0.3) is 27.7 Å². The molecule has 0 bridgehead atoms. The molecule has 1 fully saturated rings. The zero-order valence-electron chi connectivity index (χ0n) is 19.6. The normalized spacial score (nSPS) is 16.5. The molecule has 2 heterocycles. The number of hydrogen-bond acceptors (Lipinski definition) is 5. The van der Waals surface area contributed by atoms with Gasteiger partial charge in [0.1, 0.15) is 17.1 Å². The van der Waals surface area contributed by atoms with Crippen LogP contribution in [0.4, 0.5) is 4.39 Å². The molecule has 1 unspecified atom stereocenters. The number of benzene rings is 2. The predicted octanol–water partition coefficient (Wildman–Crippen LogP) is 5.45. The van der Waals surface area contributed by atoms with Gasteiger partial charge < -0.3 is 18.8 Å². The molecule has 1 amide bonds. The number of halogens is 1. The van der Waals surface area contributed by atoms with Crippen molar-refractivity contribution >= 4 is 28.4 Å². The Morgan fingerprint density at radius 3 is 2.71 bits per heavy atom. The number of carbonyl (C=O) groups excluding carboxylic acids is 2. The summed E-state index contributed by atoms with van der Waals surface area (Å²) in [6.07, 6.45) is 4.69. The van der Waals surface area contributed by atoms with Crippen LogP contribution in [0.2, 0.25) is 0 Å². The summed E-state index contributed by atoms with van der Waals surface area (Å²) in [5.41, 5.74) is 3.77. The smallest absolute Gasteiger partial charge is 0.310 e. The van der Waals surface area contributed by atoms with E-state index in [1.165, 1.54) is 12.1 Å². The second-order valence-corrected chi connectivity index (χ2v) is 8.41. The van der Waals surface area contributed by atoms with E-state index in [4.69, 9.17) is 13.9 Å². The van der Waals surface area contributed by atoms with Crippen molar-refractivity contribution in [2.75, 3.05) is 26.8 Å². The van der Waals surface area contributed by atoms with Gasteiger partial charge in [0.05, 0.1) is 25.9 Å². The third-order valence-electron chi connectivity index (χ3n) is 6.17. The fraction of sp³-hybridized carbons (Fsp3) is 0.333. The molecule has 1 aliphatic heterocycles. The first kappa shape index (κ1) is 23.5. The number of carbonyl (C=O) groups is 2. The minimum absolute atomic E-state index is 0.153. The Morgan fingerprint density at radius 1 is 1.24 bits per heavy atom. The van der Waals surface area contributed by atoms with Crippen LogP contribution in [-0.2, 0) is 14.3 Å². The van der Waals surface area contributed by atoms with Gasteiger partial charge in [0.15, 0.2) is 0 Å². The van der Waals surface area contributed by atoms with E-state index in [2.05, 4.69) is 0 Å². The van der Waals surface area contributed by atoms with E-state index < -0.39 is 0 Å².